The summed E-state index contributed by atoms with van der Waals surface area (Å²) in [7, 11) is 0. The molecule has 0 aliphatic carbocycles. The van der Waals surface area contributed by atoms with Gasteiger partial charge in [0, 0.05) is 23.5 Å². The third kappa shape index (κ3) is 18.6. The molecular formula is C39H64OS2. The molecule has 42 heavy (non-hydrogen) atoms. The average Bonchev–Trinajstić information content (AvgIpc) is 3.00. The number of thioether (sulfide) groups is 2. The molecule has 1 nitrogen and oxygen atoms in total. The maximum atomic E-state index is 11.2. The third-order valence-electron chi connectivity index (χ3n) is 8.38. The lowest BCUT2D eigenvalue weighted by Gasteiger charge is -2.14. The molecule has 0 bridgehead atoms. The van der Waals surface area contributed by atoms with Gasteiger partial charge in [-0.3, -0.25) is 0 Å². The van der Waals surface area contributed by atoms with Crippen molar-refractivity contribution in [3.8, 4) is 5.75 Å². The van der Waals surface area contributed by atoms with Crippen LogP contribution in [0.1, 0.15) is 165 Å². The lowest BCUT2D eigenvalue weighted by molar-refractivity contribution is 0.464. The van der Waals surface area contributed by atoms with Crippen molar-refractivity contribution in [2.75, 3.05) is 11.5 Å². The van der Waals surface area contributed by atoms with Gasteiger partial charge in [0.15, 0.2) is 0 Å². The Hall–Kier alpha value is -1.06. The van der Waals surface area contributed by atoms with Gasteiger partial charge < -0.3 is 5.11 Å². The Kier molecular flexibility index (Phi) is 23.3. The fraction of sp³-hybridized carbons (Fsp3) is 0.692. The quantitative estimate of drug-likeness (QED) is 0.0965. The van der Waals surface area contributed by atoms with Gasteiger partial charge in [-0.05, 0) is 41.0 Å². The smallest absolute Gasteiger partial charge is 0.123 e. The fourth-order valence-electron chi connectivity index (χ4n) is 5.73. The summed E-state index contributed by atoms with van der Waals surface area (Å²) in [6.07, 6.45) is 28.7. The number of rotatable bonds is 28. The van der Waals surface area contributed by atoms with Crippen molar-refractivity contribution in [2.24, 2.45) is 0 Å². The molecule has 0 saturated carbocycles. The highest BCUT2D eigenvalue weighted by atomic mass is 32.2. The molecule has 2 aromatic rings. The van der Waals surface area contributed by atoms with Crippen molar-refractivity contribution < 1.29 is 5.11 Å². The Bertz CT molecular complexity index is 881. The molecule has 0 saturated heterocycles. The van der Waals surface area contributed by atoms with Gasteiger partial charge in [-0.2, -0.15) is 23.5 Å². The van der Waals surface area contributed by atoms with E-state index in [2.05, 4.69) is 68.1 Å². The lowest BCUT2D eigenvalue weighted by atomic mass is 9.99. The minimum Gasteiger partial charge on any atom is -0.507 e. The summed E-state index contributed by atoms with van der Waals surface area (Å²) in [5.74, 6) is 4.94. The standard InChI is InChI=1S/C39H64OS2/c1-3-5-7-9-11-13-15-17-19-24-28-41-33-36-31-37(30-35-26-22-21-23-27-35)39(40)38(32-36)34-42-29-25-20-18-16-14-12-10-8-6-4-2/h21-23,26-27,31-32,40H,3-20,24-25,28-30,33-34H2,1-2H3. The number of benzene rings is 2. The first-order valence-electron chi connectivity index (χ1n) is 17.8. The van der Waals surface area contributed by atoms with Crippen molar-refractivity contribution in [2.45, 2.75) is 160 Å². The fourth-order valence-corrected chi connectivity index (χ4v) is 7.68. The highest BCUT2D eigenvalue weighted by Crippen LogP contribution is 2.32. The maximum absolute atomic E-state index is 11.2. The topological polar surface area (TPSA) is 20.2 Å². The van der Waals surface area contributed by atoms with Crippen LogP contribution in [0.15, 0.2) is 42.5 Å². The monoisotopic (exact) mass is 612 g/mol. The first kappa shape index (κ1) is 37.1. The van der Waals surface area contributed by atoms with Gasteiger partial charge in [-0.1, -0.05) is 172 Å². The average molecular weight is 613 g/mol. The van der Waals surface area contributed by atoms with Crippen LogP contribution in [-0.2, 0) is 17.9 Å². The first-order valence-corrected chi connectivity index (χ1v) is 20.1. The molecule has 0 aliphatic rings. The van der Waals surface area contributed by atoms with E-state index in [0.717, 1.165) is 29.1 Å². The van der Waals surface area contributed by atoms with Crippen LogP contribution >= 0.6 is 23.5 Å². The minimum atomic E-state index is 0.526. The molecule has 3 heteroatoms. The van der Waals surface area contributed by atoms with E-state index in [0.29, 0.717) is 5.75 Å². The Morgan fingerprint density at radius 2 is 0.905 bits per heavy atom. The van der Waals surface area contributed by atoms with Crippen LogP contribution in [0.3, 0.4) is 0 Å². The molecule has 0 radical (unpaired) electrons. The Labute approximate surface area is 269 Å². The number of phenolic OH excluding ortho intramolecular Hbond substituents is 1. The summed E-state index contributed by atoms with van der Waals surface area (Å²) >= 11 is 4.07. The van der Waals surface area contributed by atoms with E-state index in [1.807, 2.05) is 11.8 Å². The molecule has 238 valence electrons. The molecule has 1 N–H and O–H groups in total. The summed E-state index contributed by atoms with van der Waals surface area (Å²) in [4.78, 5) is 0. The van der Waals surface area contributed by atoms with Gasteiger partial charge in [0.1, 0.15) is 5.75 Å². The zero-order chi connectivity index (χ0) is 29.9. The Balaban J connectivity index is 1.71. The van der Waals surface area contributed by atoms with Crippen LogP contribution in [0.5, 0.6) is 5.75 Å². The summed E-state index contributed by atoms with van der Waals surface area (Å²) < 4.78 is 0. The lowest BCUT2D eigenvalue weighted by Crippen LogP contribution is -1.97. The van der Waals surface area contributed by atoms with Crippen molar-refractivity contribution in [3.05, 3.63) is 64.7 Å². The molecule has 2 rings (SSSR count). The molecule has 0 fully saturated rings. The normalized spacial score (nSPS) is 11.4. The van der Waals surface area contributed by atoms with E-state index >= 15 is 0 Å². The van der Waals surface area contributed by atoms with Crippen LogP contribution in [-0.4, -0.2) is 16.6 Å². The van der Waals surface area contributed by atoms with Gasteiger partial charge in [0.05, 0.1) is 0 Å². The van der Waals surface area contributed by atoms with Crippen LogP contribution in [0.2, 0.25) is 0 Å². The van der Waals surface area contributed by atoms with E-state index in [1.54, 1.807) is 0 Å². The number of hydrogen-bond acceptors (Lipinski definition) is 3. The number of unbranched alkanes of at least 4 members (excludes halogenated alkanes) is 18. The summed E-state index contributed by atoms with van der Waals surface area (Å²) in [5, 5.41) is 11.2. The molecular weight excluding hydrogens is 549 g/mol. The van der Waals surface area contributed by atoms with Gasteiger partial charge in [0.2, 0.25) is 0 Å². The van der Waals surface area contributed by atoms with Gasteiger partial charge in [-0.25, -0.2) is 0 Å². The number of aromatic hydroxyl groups is 1. The molecule has 0 aromatic heterocycles. The van der Waals surface area contributed by atoms with E-state index in [9.17, 15) is 5.11 Å². The van der Waals surface area contributed by atoms with Crippen LogP contribution in [0, 0.1) is 0 Å². The molecule has 0 amide bonds. The second-order valence-electron chi connectivity index (χ2n) is 12.4. The zero-order valence-electron chi connectivity index (χ0n) is 27.5. The molecule has 0 spiro atoms. The summed E-state index contributed by atoms with van der Waals surface area (Å²) in [5.41, 5.74) is 4.88. The van der Waals surface area contributed by atoms with Crippen molar-refractivity contribution in [1.82, 2.24) is 0 Å². The number of phenols is 1. The highest BCUT2D eigenvalue weighted by Gasteiger charge is 2.12. The zero-order valence-corrected chi connectivity index (χ0v) is 29.1. The van der Waals surface area contributed by atoms with Crippen LogP contribution in [0.25, 0.3) is 0 Å². The predicted octanol–water partition coefficient (Wildman–Crippen LogP) is 13.3. The van der Waals surface area contributed by atoms with Crippen molar-refractivity contribution in [3.63, 3.8) is 0 Å². The maximum Gasteiger partial charge on any atom is 0.123 e. The first-order chi connectivity index (χ1) is 20.7. The van der Waals surface area contributed by atoms with Gasteiger partial charge in [0.25, 0.3) is 0 Å². The second kappa shape index (κ2) is 26.4. The van der Waals surface area contributed by atoms with Crippen LogP contribution < -0.4 is 0 Å². The minimum absolute atomic E-state index is 0.526. The molecule has 2 aromatic carbocycles. The van der Waals surface area contributed by atoms with Crippen molar-refractivity contribution >= 4 is 23.5 Å². The highest BCUT2D eigenvalue weighted by molar-refractivity contribution is 7.98. The Morgan fingerprint density at radius 3 is 1.40 bits per heavy atom. The van der Waals surface area contributed by atoms with Gasteiger partial charge in [-0.15, -0.1) is 0 Å². The Morgan fingerprint density at radius 1 is 0.476 bits per heavy atom. The van der Waals surface area contributed by atoms with Crippen molar-refractivity contribution in [1.29, 1.82) is 0 Å². The predicted molar refractivity (Wildman–Crippen MR) is 193 cm³/mol. The van der Waals surface area contributed by atoms with Crippen LogP contribution in [0.4, 0.5) is 0 Å². The number of hydrogen-bond donors (Lipinski definition) is 1. The van der Waals surface area contributed by atoms with E-state index in [4.69, 9.17) is 0 Å². The second-order valence-corrected chi connectivity index (χ2v) is 14.6. The third-order valence-corrected chi connectivity index (χ3v) is 10.6. The largest absolute Gasteiger partial charge is 0.507 e. The van der Waals surface area contributed by atoms with E-state index in [-0.39, 0.29) is 0 Å². The molecule has 0 atom stereocenters. The summed E-state index contributed by atoms with van der Waals surface area (Å²) in [6, 6.07) is 15.2. The van der Waals surface area contributed by atoms with E-state index < -0.39 is 0 Å². The molecule has 0 unspecified atom stereocenters. The van der Waals surface area contributed by atoms with E-state index in [1.165, 1.54) is 151 Å². The van der Waals surface area contributed by atoms with Gasteiger partial charge >= 0.3 is 0 Å². The summed E-state index contributed by atoms with van der Waals surface area (Å²) in [6.45, 7) is 4.58. The SMILES string of the molecule is CCCCCCCCCCCCSCc1cc(CSCCCCCCCCCCCC)c(O)c(Cc2ccccc2)c1. The molecule has 0 heterocycles. The molecule has 0 aliphatic heterocycles.